The first-order chi connectivity index (χ1) is 16.0. The monoisotopic (exact) mass is 480 g/mol. The number of nitrogens with two attached hydrogens (primary N) is 3. The molecular weight excluding hydrogens is 448 g/mol. The van der Waals surface area contributed by atoms with Crippen molar-refractivity contribution in [2.45, 2.75) is 63.6 Å². The maximum Gasteiger partial charge on any atom is 0.243 e. The van der Waals surface area contributed by atoms with Crippen molar-refractivity contribution < 1.29 is 28.8 Å². The molecule has 10 N–H and O–H groups in total. The molecular formula is C20H32N8O6. The number of hydrogen-bond donors (Lipinski definition) is 7. The van der Waals surface area contributed by atoms with Crippen molar-refractivity contribution in [3.63, 3.8) is 0 Å². The van der Waals surface area contributed by atoms with Gasteiger partial charge in [-0.3, -0.25) is 24.0 Å². The number of carbonyl (C=O) groups is 6. The minimum absolute atomic E-state index is 0.00558. The highest BCUT2D eigenvalue weighted by molar-refractivity contribution is 5.94. The lowest BCUT2D eigenvalue weighted by atomic mass is 10.0. The lowest BCUT2D eigenvalue weighted by Gasteiger charge is -2.24. The second-order valence-electron chi connectivity index (χ2n) is 7.71. The van der Waals surface area contributed by atoms with Crippen molar-refractivity contribution in [3.8, 4) is 0 Å². The van der Waals surface area contributed by atoms with Crippen LogP contribution in [0.3, 0.4) is 0 Å². The zero-order valence-electron chi connectivity index (χ0n) is 19.0. The highest BCUT2D eigenvalue weighted by atomic mass is 16.2. The summed E-state index contributed by atoms with van der Waals surface area (Å²) in [5.74, 6) is -3.76. The molecule has 0 bridgehead atoms. The molecule has 0 aromatic carbocycles. The Balaban J connectivity index is 3.00. The van der Waals surface area contributed by atoms with E-state index < -0.39 is 47.7 Å². The smallest absolute Gasteiger partial charge is 0.243 e. The van der Waals surface area contributed by atoms with E-state index in [0.29, 0.717) is 5.69 Å². The van der Waals surface area contributed by atoms with Gasteiger partial charge in [0.2, 0.25) is 29.5 Å². The normalized spacial score (nSPS) is 13.2. The summed E-state index contributed by atoms with van der Waals surface area (Å²) in [6.45, 7) is 1.40. The SMILES string of the molecule is CC(=O)CCC(NC(=O)C(CCC(N)=O)NC(=O)C(Cc1cnc[nH]1)NC(=O)CCN)C(N)=O. The molecule has 1 rings (SSSR count). The van der Waals surface area contributed by atoms with Crippen molar-refractivity contribution in [1.29, 1.82) is 0 Å². The van der Waals surface area contributed by atoms with Gasteiger partial charge >= 0.3 is 0 Å². The number of H-pyrrole nitrogens is 1. The number of nitrogens with one attached hydrogen (secondary N) is 4. The van der Waals surface area contributed by atoms with Crippen LogP contribution in [-0.4, -0.2) is 70.0 Å². The van der Waals surface area contributed by atoms with Gasteiger partial charge in [-0.25, -0.2) is 4.98 Å². The minimum Gasteiger partial charge on any atom is -0.370 e. The molecule has 14 heteroatoms. The third-order valence-corrected chi connectivity index (χ3v) is 4.76. The van der Waals surface area contributed by atoms with Gasteiger partial charge in [0.15, 0.2) is 0 Å². The molecule has 1 aromatic rings. The Labute approximate surface area is 196 Å². The molecule has 3 unspecified atom stereocenters. The van der Waals surface area contributed by atoms with Gasteiger partial charge in [-0.15, -0.1) is 0 Å². The van der Waals surface area contributed by atoms with E-state index in [9.17, 15) is 28.8 Å². The summed E-state index contributed by atoms with van der Waals surface area (Å²) in [4.78, 5) is 78.7. The predicted octanol–water partition coefficient (Wildman–Crippen LogP) is -3.12. The molecule has 3 atom stereocenters. The summed E-state index contributed by atoms with van der Waals surface area (Å²) in [7, 11) is 0. The summed E-state index contributed by atoms with van der Waals surface area (Å²) in [5, 5.41) is 7.42. The third kappa shape index (κ3) is 10.7. The molecule has 0 aliphatic rings. The number of imidazole rings is 1. The fourth-order valence-electron chi connectivity index (χ4n) is 2.96. The van der Waals surface area contributed by atoms with E-state index in [1.54, 1.807) is 0 Å². The number of nitrogens with zero attached hydrogens (tertiary/aromatic N) is 1. The second-order valence-corrected chi connectivity index (χ2v) is 7.71. The zero-order chi connectivity index (χ0) is 25.7. The van der Waals surface area contributed by atoms with Crippen LogP contribution >= 0.6 is 0 Å². The van der Waals surface area contributed by atoms with Gasteiger partial charge in [0.05, 0.1) is 6.33 Å². The van der Waals surface area contributed by atoms with Gasteiger partial charge in [-0.1, -0.05) is 0 Å². The number of hydrogen-bond acceptors (Lipinski definition) is 8. The first-order valence-corrected chi connectivity index (χ1v) is 10.7. The molecule has 0 saturated carbocycles. The van der Waals surface area contributed by atoms with Crippen LogP contribution in [0.15, 0.2) is 12.5 Å². The molecule has 1 aromatic heterocycles. The number of primary amides is 2. The van der Waals surface area contributed by atoms with Gasteiger partial charge in [-0.2, -0.15) is 0 Å². The Morgan fingerprint density at radius 3 is 2.06 bits per heavy atom. The lowest BCUT2D eigenvalue weighted by molar-refractivity contribution is -0.133. The van der Waals surface area contributed by atoms with E-state index >= 15 is 0 Å². The van der Waals surface area contributed by atoms with Crippen LogP contribution in [-0.2, 0) is 35.2 Å². The molecule has 0 aliphatic carbocycles. The van der Waals surface area contributed by atoms with Crippen LogP contribution in [0.5, 0.6) is 0 Å². The van der Waals surface area contributed by atoms with Gasteiger partial charge in [0.25, 0.3) is 0 Å². The maximum absolute atomic E-state index is 13.0. The molecule has 188 valence electrons. The minimum atomic E-state index is -1.27. The van der Waals surface area contributed by atoms with E-state index in [-0.39, 0.29) is 50.9 Å². The number of Topliss-reactive ketones (excluding diaryl/α,β-unsaturated/α-hetero) is 1. The summed E-state index contributed by atoms with van der Waals surface area (Å²) in [5.41, 5.74) is 16.4. The first kappa shape index (κ1) is 28.2. The van der Waals surface area contributed by atoms with E-state index in [1.807, 2.05) is 0 Å². The average molecular weight is 481 g/mol. The topological polar surface area (TPSA) is 245 Å². The van der Waals surface area contributed by atoms with Gasteiger partial charge in [0, 0.05) is 44.1 Å². The van der Waals surface area contributed by atoms with E-state index in [1.165, 1.54) is 19.4 Å². The maximum atomic E-state index is 13.0. The molecule has 1 heterocycles. The Hall–Kier alpha value is -3.81. The largest absolute Gasteiger partial charge is 0.370 e. The zero-order valence-corrected chi connectivity index (χ0v) is 19.0. The summed E-state index contributed by atoms with van der Waals surface area (Å²) >= 11 is 0. The molecule has 0 spiro atoms. The Morgan fingerprint density at radius 1 is 0.912 bits per heavy atom. The predicted molar refractivity (Wildman–Crippen MR) is 119 cm³/mol. The van der Waals surface area contributed by atoms with Crippen molar-refractivity contribution in [3.05, 3.63) is 18.2 Å². The van der Waals surface area contributed by atoms with Gasteiger partial charge < -0.3 is 42.9 Å². The summed E-state index contributed by atoms with van der Waals surface area (Å²) in [6, 6.07) is -3.52. The van der Waals surface area contributed by atoms with Crippen LogP contribution in [0.4, 0.5) is 0 Å². The highest BCUT2D eigenvalue weighted by Gasteiger charge is 2.29. The standard InChI is InChI=1S/C20H32N8O6/c1-11(29)2-3-13(18(23)32)27-19(33)14(4-5-16(22)30)28-20(34)15(26-17(31)6-7-21)8-12-9-24-10-25-12/h9-10,13-15H,2-8,21H2,1H3,(H2,22,30)(H2,23,32)(H,24,25)(H,26,31)(H,27,33)(H,28,34). The summed E-state index contributed by atoms with van der Waals surface area (Å²) in [6.07, 6.45) is 2.47. The molecule has 34 heavy (non-hydrogen) atoms. The second kappa shape index (κ2) is 14.4. The molecule has 0 fully saturated rings. The van der Waals surface area contributed by atoms with Crippen LogP contribution in [0, 0.1) is 0 Å². The van der Waals surface area contributed by atoms with Crippen LogP contribution in [0.25, 0.3) is 0 Å². The lowest BCUT2D eigenvalue weighted by Crippen LogP contribution is -2.57. The van der Waals surface area contributed by atoms with Crippen LogP contribution in [0.1, 0.15) is 44.7 Å². The Kier molecular flexibility index (Phi) is 11.9. The quantitative estimate of drug-likeness (QED) is 0.127. The fourth-order valence-corrected chi connectivity index (χ4v) is 2.96. The van der Waals surface area contributed by atoms with Crippen molar-refractivity contribution in [1.82, 2.24) is 25.9 Å². The average Bonchev–Trinajstić information content (AvgIpc) is 3.26. The number of rotatable bonds is 16. The molecule has 0 radical (unpaired) electrons. The van der Waals surface area contributed by atoms with Gasteiger partial charge in [0.1, 0.15) is 23.9 Å². The van der Waals surface area contributed by atoms with Crippen molar-refractivity contribution >= 4 is 35.3 Å². The Morgan fingerprint density at radius 2 is 1.53 bits per heavy atom. The number of ketones is 1. The van der Waals surface area contributed by atoms with E-state index in [2.05, 4.69) is 25.9 Å². The number of aromatic nitrogens is 2. The molecule has 0 saturated heterocycles. The van der Waals surface area contributed by atoms with Crippen LogP contribution < -0.4 is 33.2 Å². The van der Waals surface area contributed by atoms with Crippen LogP contribution in [0.2, 0.25) is 0 Å². The number of carbonyl (C=O) groups excluding carboxylic acids is 6. The summed E-state index contributed by atoms with van der Waals surface area (Å²) < 4.78 is 0. The first-order valence-electron chi connectivity index (χ1n) is 10.7. The van der Waals surface area contributed by atoms with E-state index in [0.717, 1.165) is 0 Å². The van der Waals surface area contributed by atoms with Crippen molar-refractivity contribution in [2.24, 2.45) is 17.2 Å². The molecule has 14 nitrogen and oxygen atoms in total. The van der Waals surface area contributed by atoms with Gasteiger partial charge in [-0.05, 0) is 19.8 Å². The molecule has 5 amide bonds. The third-order valence-electron chi connectivity index (χ3n) is 4.76. The number of amides is 5. The highest BCUT2D eigenvalue weighted by Crippen LogP contribution is 2.05. The Bertz CT molecular complexity index is 872. The fraction of sp³-hybridized carbons (Fsp3) is 0.550. The van der Waals surface area contributed by atoms with E-state index in [4.69, 9.17) is 17.2 Å². The van der Waals surface area contributed by atoms with Crippen molar-refractivity contribution in [2.75, 3.05) is 6.54 Å². The molecule has 0 aliphatic heterocycles. The number of aromatic amines is 1.